The van der Waals surface area contributed by atoms with Gasteiger partial charge in [0.2, 0.25) is 0 Å². The summed E-state index contributed by atoms with van der Waals surface area (Å²) in [6, 6.07) is 0. The van der Waals surface area contributed by atoms with Crippen LogP contribution in [0.4, 0.5) is 0 Å². The lowest BCUT2D eigenvalue weighted by Gasteiger charge is -1.95. The van der Waals surface area contributed by atoms with Gasteiger partial charge in [-0.3, -0.25) is 0 Å². The van der Waals surface area contributed by atoms with Gasteiger partial charge in [0.05, 0.1) is 6.61 Å². The number of hydrogen-bond acceptors (Lipinski definition) is 2. The van der Waals surface area contributed by atoms with Crippen LogP contribution in [0.25, 0.3) is 0 Å². The summed E-state index contributed by atoms with van der Waals surface area (Å²) in [5.41, 5.74) is 5.24. The molecule has 1 aliphatic carbocycles. The van der Waals surface area contributed by atoms with E-state index >= 15 is 0 Å². The molecule has 0 aromatic carbocycles. The molecule has 0 saturated heterocycles. The Morgan fingerprint density at radius 3 is 2.80 bits per heavy atom. The fraction of sp³-hybridized carbons (Fsp3) is 0.750. The first kappa shape index (κ1) is 7.76. The maximum absolute atomic E-state index is 5.32. The van der Waals surface area contributed by atoms with Crippen LogP contribution in [0.15, 0.2) is 12.2 Å². The third kappa shape index (κ3) is 3.64. The maximum atomic E-state index is 5.32. The Hall–Kier alpha value is -0.340. The first-order valence-electron chi connectivity index (χ1n) is 3.86. The fourth-order valence-corrected chi connectivity index (χ4v) is 0.752. The van der Waals surface area contributed by atoms with E-state index in [0.717, 1.165) is 19.1 Å². The topological polar surface area (TPSA) is 35.2 Å². The van der Waals surface area contributed by atoms with Crippen LogP contribution in [-0.4, -0.2) is 19.8 Å². The molecule has 0 aromatic heterocycles. The van der Waals surface area contributed by atoms with Gasteiger partial charge in [-0.2, -0.15) is 0 Å². The normalized spacial score (nSPS) is 18.5. The van der Waals surface area contributed by atoms with Crippen molar-refractivity contribution in [3.8, 4) is 0 Å². The Balaban J connectivity index is 1.80. The molecule has 0 bridgehead atoms. The molecule has 0 unspecified atom stereocenters. The summed E-state index contributed by atoms with van der Waals surface area (Å²) < 4.78 is 5.32. The molecular formula is C8H15NO. The number of rotatable bonds is 5. The summed E-state index contributed by atoms with van der Waals surface area (Å²) in [6.45, 7) is 2.29. The second-order valence-corrected chi connectivity index (χ2v) is 2.69. The van der Waals surface area contributed by atoms with Crippen molar-refractivity contribution in [2.24, 2.45) is 11.7 Å². The van der Waals surface area contributed by atoms with Gasteiger partial charge in [-0.15, -0.1) is 0 Å². The summed E-state index contributed by atoms with van der Waals surface area (Å²) in [6.07, 6.45) is 6.62. The highest BCUT2D eigenvalue weighted by molar-refractivity contribution is 4.82. The first-order valence-corrected chi connectivity index (χ1v) is 3.86. The van der Waals surface area contributed by atoms with Crippen molar-refractivity contribution in [2.45, 2.75) is 12.8 Å². The zero-order chi connectivity index (χ0) is 7.23. The van der Waals surface area contributed by atoms with Gasteiger partial charge in [0, 0.05) is 13.2 Å². The quantitative estimate of drug-likeness (QED) is 0.456. The highest BCUT2D eigenvalue weighted by Gasteiger charge is 2.20. The maximum Gasteiger partial charge on any atom is 0.0648 e. The van der Waals surface area contributed by atoms with Gasteiger partial charge < -0.3 is 10.5 Å². The van der Waals surface area contributed by atoms with Crippen molar-refractivity contribution in [2.75, 3.05) is 19.8 Å². The molecule has 0 atom stereocenters. The lowest BCUT2D eigenvalue weighted by molar-refractivity contribution is 0.151. The van der Waals surface area contributed by atoms with Crippen molar-refractivity contribution >= 4 is 0 Å². The van der Waals surface area contributed by atoms with Crippen LogP contribution in [0.3, 0.4) is 0 Å². The standard InChI is InChI=1S/C8H15NO/c9-5-1-2-6-10-7-8-3-4-8/h1-2,8H,3-7,9H2/b2-1+. The summed E-state index contributed by atoms with van der Waals surface area (Å²) in [7, 11) is 0. The van der Waals surface area contributed by atoms with Gasteiger partial charge in [-0.25, -0.2) is 0 Å². The highest BCUT2D eigenvalue weighted by atomic mass is 16.5. The summed E-state index contributed by atoms with van der Waals surface area (Å²) >= 11 is 0. The molecule has 0 radical (unpaired) electrons. The minimum atomic E-state index is 0.618. The van der Waals surface area contributed by atoms with E-state index in [1.165, 1.54) is 12.8 Å². The van der Waals surface area contributed by atoms with Crippen LogP contribution < -0.4 is 5.73 Å². The Kier molecular flexibility index (Phi) is 3.47. The zero-order valence-electron chi connectivity index (χ0n) is 6.25. The van der Waals surface area contributed by atoms with Gasteiger partial charge in [-0.05, 0) is 18.8 Å². The van der Waals surface area contributed by atoms with Crippen LogP contribution >= 0.6 is 0 Å². The summed E-state index contributed by atoms with van der Waals surface area (Å²) in [4.78, 5) is 0. The predicted octanol–water partition coefficient (Wildman–Crippen LogP) is 0.928. The molecule has 1 saturated carbocycles. The van der Waals surface area contributed by atoms with E-state index in [2.05, 4.69) is 0 Å². The SMILES string of the molecule is NC/C=C/COCC1CC1. The van der Waals surface area contributed by atoms with Crippen LogP contribution in [0, 0.1) is 5.92 Å². The molecule has 1 rings (SSSR count). The van der Waals surface area contributed by atoms with Crippen molar-refractivity contribution in [3.05, 3.63) is 12.2 Å². The molecule has 0 heterocycles. The fourth-order valence-electron chi connectivity index (χ4n) is 0.752. The third-order valence-electron chi connectivity index (χ3n) is 1.57. The first-order chi connectivity index (χ1) is 4.93. The Morgan fingerprint density at radius 1 is 1.40 bits per heavy atom. The van der Waals surface area contributed by atoms with E-state index in [0.29, 0.717) is 6.54 Å². The molecule has 0 amide bonds. The van der Waals surface area contributed by atoms with Crippen molar-refractivity contribution in [1.29, 1.82) is 0 Å². The number of hydrogen-bond donors (Lipinski definition) is 1. The summed E-state index contributed by atoms with van der Waals surface area (Å²) in [5, 5.41) is 0. The average molecular weight is 141 g/mol. The van der Waals surface area contributed by atoms with E-state index in [-0.39, 0.29) is 0 Å². The van der Waals surface area contributed by atoms with E-state index in [9.17, 15) is 0 Å². The largest absolute Gasteiger partial charge is 0.377 e. The molecular weight excluding hydrogens is 126 g/mol. The predicted molar refractivity (Wildman–Crippen MR) is 41.7 cm³/mol. The van der Waals surface area contributed by atoms with Crippen LogP contribution in [0.1, 0.15) is 12.8 Å². The van der Waals surface area contributed by atoms with Crippen molar-refractivity contribution in [1.82, 2.24) is 0 Å². The number of nitrogens with two attached hydrogens (primary N) is 1. The van der Waals surface area contributed by atoms with Gasteiger partial charge in [0.25, 0.3) is 0 Å². The molecule has 2 nitrogen and oxygen atoms in total. The van der Waals surface area contributed by atoms with Crippen LogP contribution in [0.2, 0.25) is 0 Å². The third-order valence-corrected chi connectivity index (χ3v) is 1.57. The monoisotopic (exact) mass is 141 g/mol. The van der Waals surface area contributed by atoms with Crippen LogP contribution in [0.5, 0.6) is 0 Å². The van der Waals surface area contributed by atoms with Gasteiger partial charge >= 0.3 is 0 Å². The van der Waals surface area contributed by atoms with Gasteiger partial charge in [0.1, 0.15) is 0 Å². The molecule has 10 heavy (non-hydrogen) atoms. The molecule has 0 aliphatic heterocycles. The highest BCUT2D eigenvalue weighted by Crippen LogP contribution is 2.28. The minimum Gasteiger partial charge on any atom is -0.377 e. The Bertz CT molecular complexity index is 108. The average Bonchev–Trinajstić information content (AvgIpc) is 2.71. The lowest BCUT2D eigenvalue weighted by Crippen LogP contribution is -1.97. The second-order valence-electron chi connectivity index (χ2n) is 2.69. The van der Waals surface area contributed by atoms with Gasteiger partial charge in [0.15, 0.2) is 0 Å². The van der Waals surface area contributed by atoms with E-state index in [1.54, 1.807) is 0 Å². The van der Waals surface area contributed by atoms with Crippen molar-refractivity contribution in [3.63, 3.8) is 0 Å². The molecule has 1 fully saturated rings. The molecule has 1 aliphatic rings. The molecule has 0 spiro atoms. The molecule has 0 aromatic rings. The van der Waals surface area contributed by atoms with E-state index in [4.69, 9.17) is 10.5 Å². The smallest absolute Gasteiger partial charge is 0.0648 e. The number of ether oxygens (including phenoxy) is 1. The molecule has 2 heteroatoms. The second kappa shape index (κ2) is 4.47. The van der Waals surface area contributed by atoms with E-state index < -0.39 is 0 Å². The summed E-state index contributed by atoms with van der Waals surface area (Å²) in [5.74, 6) is 0.867. The lowest BCUT2D eigenvalue weighted by atomic mass is 10.4. The van der Waals surface area contributed by atoms with E-state index in [1.807, 2.05) is 12.2 Å². The zero-order valence-corrected chi connectivity index (χ0v) is 6.25. The molecule has 2 N–H and O–H groups in total. The van der Waals surface area contributed by atoms with Crippen molar-refractivity contribution < 1.29 is 4.74 Å². The Morgan fingerprint density at radius 2 is 2.20 bits per heavy atom. The van der Waals surface area contributed by atoms with Crippen LogP contribution in [-0.2, 0) is 4.74 Å². The Labute approximate surface area is 62.1 Å². The van der Waals surface area contributed by atoms with Gasteiger partial charge in [-0.1, -0.05) is 12.2 Å². The molecule has 58 valence electrons. The minimum absolute atomic E-state index is 0.618.